The van der Waals surface area contributed by atoms with E-state index < -0.39 is 11.2 Å². The van der Waals surface area contributed by atoms with Gasteiger partial charge in [0, 0.05) is 39.4 Å². The van der Waals surface area contributed by atoms with E-state index in [2.05, 4.69) is 27.0 Å². The van der Waals surface area contributed by atoms with Crippen molar-refractivity contribution in [2.75, 3.05) is 45.2 Å². The lowest BCUT2D eigenvalue weighted by atomic mass is 10.1. The Balaban J connectivity index is 0.00000181. The number of benzene rings is 1. The van der Waals surface area contributed by atoms with Crippen LogP contribution in [0.1, 0.15) is 24.0 Å². The number of anilines is 2. The van der Waals surface area contributed by atoms with Gasteiger partial charge in [0.05, 0.1) is 11.4 Å². The molecule has 0 aliphatic carbocycles. The number of fused-ring (bicyclic) bond motifs is 2. The zero-order valence-electron chi connectivity index (χ0n) is 17.7. The maximum Gasteiger partial charge on any atom is 0.443 e. The molecule has 178 valence electrons. The molecule has 1 aromatic heterocycles. The molecule has 6 nitrogen and oxygen atoms in total. The first-order chi connectivity index (χ1) is 14.4. The molecule has 1 N–H and O–H groups in total. The molecular formula is C20H26Cl2F3N5OS. The predicted molar refractivity (Wildman–Crippen MR) is 127 cm³/mol. The Bertz CT molecular complexity index is 940. The van der Waals surface area contributed by atoms with Crippen molar-refractivity contribution >= 4 is 58.4 Å². The second-order valence-corrected chi connectivity index (χ2v) is 8.28. The van der Waals surface area contributed by atoms with Crippen molar-refractivity contribution in [1.82, 2.24) is 14.8 Å². The van der Waals surface area contributed by atoms with E-state index >= 15 is 0 Å². The normalized spacial score (nSPS) is 18.3. The number of nitrogens with zero attached hydrogens (tertiary/aromatic N) is 4. The first-order valence-corrected chi connectivity index (χ1v) is 10.7. The van der Waals surface area contributed by atoms with Crippen LogP contribution in [-0.2, 0) is 10.9 Å². The lowest BCUT2D eigenvalue weighted by Crippen LogP contribution is -2.55. The number of thiazole rings is 1. The summed E-state index contributed by atoms with van der Waals surface area (Å²) in [5.41, 5.74) is 1.63. The Morgan fingerprint density at radius 3 is 2.66 bits per heavy atom. The zero-order chi connectivity index (χ0) is 21.3. The molecule has 1 atom stereocenters. The number of hydrogen-bond acceptors (Lipinski definition) is 7. The number of ether oxygens (including phenoxy) is 1. The molecule has 12 heteroatoms. The lowest BCUT2D eigenvalue weighted by Gasteiger charge is -2.42. The summed E-state index contributed by atoms with van der Waals surface area (Å²) in [6.07, 6.45) is -3.65. The van der Waals surface area contributed by atoms with Crippen LogP contribution < -0.4 is 5.32 Å². The van der Waals surface area contributed by atoms with Gasteiger partial charge in [-0.3, -0.25) is 4.90 Å². The Kier molecular flexibility index (Phi) is 9.18. The second-order valence-electron chi connectivity index (χ2n) is 7.28. The van der Waals surface area contributed by atoms with Gasteiger partial charge in [0.2, 0.25) is 5.01 Å². The summed E-state index contributed by atoms with van der Waals surface area (Å²) in [5, 5.41) is 2.62. The van der Waals surface area contributed by atoms with Gasteiger partial charge in [-0.25, -0.2) is 9.98 Å². The van der Waals surface area contributed by atoms with E-state index in [0.717, 1.165) is 19.5 Å². The topological polar surface area (TPSA) is 53.0 Å². The number of hydrogen-bond donors (Lipinski definition) is 1. The van der Waals surface area contributed by atoms with Crippen LogP contribution in [0.4, 0.5) is 29.5 Å². The molecular weight excluding hydrogens is 486 g/mol. The Labute approximate surface area is 201 Å². The third-order valence-electron chi connectivity index (χ3n) is 5.43. The van der Waals surface area contributed by atoms with Gasteiger partial charge in [-0.2, -0.15) is 13.2 Å². The number of halogens is 5. The maximum absolute atomic E-state index is 13.4. The SMILES string of the molecule is CCN1CCN(C2=Nc3ccccc3Nc3sc(C(F)(F)F)nc32)CC1CCOC.Cl.Cl. The number of alkyl halides is 3. The van der Waals surface area contributed by atoms with Crippen LogP contribution in [0.5, 0.6) is 0 Å². The standard InChI is InChI=1S/C20H24F3N5OS.2ClH/c1-3-27-9-10-28(12-13(27)8-11-29-2)17-16-18(30-19(26-16)20(21,22)23)25-15-7-5-4-6-14(15)24-17;;/h4-7,13,25H,3,8-12H2,1-2H3;2*1H. The highest BCUT2D eigenvalue weighted by Gasteiger charge is 2.39. The minimum Gasteiger partial charge on any atom is -0.385 e. The first-order valence-electron chi connectivity index (χ1n) is 9.91. The van der Waals surface area contributed by atoms with Crippen molar-refractivity contribution in [1.29, 1.82) is 0 Å². The van der Waals surface area contributed by atoms with Crippen LogP contribution in [0.3, 0.4) is 0 Å². The summed E-state index contributed by atoms with van der Waals surface area (Å²) in [4.78, 5) is 13.2. The molecule has 1 saturated heterocycles. The molecule has 0 bridgehead atoms. The highest BCUT2D eigenvalue weighted by atomic mass is 35.5. The van der Waals surface area contributed by atoms with E-state index in [0.29, 0.717) is 53.2 Å². The van der Waals surface area contributed by atoms with E-state index in [4.69, 9.17) is 9.73 Å². The molecule has 2 aliphatic heterocycles. The minimum absolute atomic E-state index is 0. The lowest BCUT2D eigenvalue weighted by molar-refractivity contribution is -0.137. The van der Waals surface area contributed by atoms with Gasteiger partial charge in [0.25, 0.3) is 0 Å². The minimum atomic E-state index is -4.49. The number of methoxy groups -OCH3 is 1. The second kappa shape index (κ2) is 11.0. The maximum atomic E-state index is 13.4. The van der Waals surface area contributed by atoms with Crippen LogP contribution in [0.2, 0.25) is 0 Å². The van der Waals surface area contributed by atoms with Gasteiger partial charge in [-0.1, -0.05) is 30.4 Å². The third-order valence-corrected chi connectivity index (χ3v) is 6.44. The van der Waals surface area contributed by atoms with Crippen molar-refractivity contribution in [3.05, 3.63) is 35.0 Å². The fourth-order valence-electron chi connectivity index (χ4n) is 3.89. The summed E-state index contributed by atoms with van der Waals surface area (Å²) < 4.78 is 45.4. The smallest absolute Gasteiger partial charge is 0.385 e. The van der Waals surface area contributed by atoms with Crippen molar-refractivity contribution in [3.8, 4) is 0 Å². The first kappa shape index (κ1) is 26.7. The van der Waals surface area contributed by atoms with Crippen molar-refractivity contribution < 1.29 is 17.9 Å². The molecule has 0 amide bonds. The molecule has 1 aromatic carbocycles. The van der Waals surface area contributed by atoms with E-state index in [1.807, 2.05) is 24.3 Å². The molecule has 0 spiro atoms. The highest BCUT2D eigenvalue weighted by Crippen LogP contribution is 2.42. The van der Waals surface area contributed by atoms with Crippen LogP contribution in [0, 0.1) is 0 Å². The third kappa shape index (κ3) is 5.48. The number of rotatable bonds is 4. The fourth-order valence-corrected chi connectivity index (χ4v) is 4.73. The van der Waals surface area contributed by atoms with Crippen molar-refractivity contribution in [2.24, 2.45) is 4.99 Å². The molecule has 32 heavy (non-hydrogen) atoms. The predicted octanol–water partition coefficient (Wildman–Crippen LogP) is 5.18. The quantitative estimate of drug-likeness (QED) is 0.612. The van der Waals surface area contributed by atoms with Crippen molar-refractivity contribution in [3.63, 3.8) is 0 Å². The summed E-state index contributed by atoms with van der Waals surface area (Å²) in [6, 6.07) is 7.61. The van der Waals surface area contributed by atoms with Gasteiger partial charge in [0.1, 0.15) is 10.7 Å². The van der Waals surface area contributed by atoms with Crippen molar-refractivity contribution in [2.45, 2.75) is 25.6 Å². The summed E-state index contributed by atoms with van der Waals surface area (Å²) in [7, 11) is 1.68. The Hall–Kier alpha value is -1.59. The highest BCUT2D eigenvalue weighted by molar-refractivity contribution is 7.16. The number of amidine groups is 1. The number of piperazine rings is 1. The number of likely N-dealkylation sites (N-methyl/N-ethyl adjacent to an activating group) is 1. The van der Waals surface area contributed by atoms with Gasteiger partial charge in [0.15, 0.2) is 5.84 Å². The molecule has 3 heterocycles. The Morgan fingerprint density at radius 1 is 1.22 bits per heavy atom. The molecule has 0 saturated carbocycles. The molecule has 0 radical (unpaired) electrons. The number of para-hydroxylation sites is 2. The van der Waals surface area contributed by atoms with Crippen LogP contribution in [0.25, 0.3) is 0 Å². The molecule has 2 aliphatic rings. The van der Waals surface area contributed by atoms with E-state index in [1.54, 1.807) is 7.11 Å². The largest absolute Gasteiger partial charge is 0.443 e. The molecule has 4 rings (SSSR count). The number of nitrogens with one attached hydrogen (secondary N) is 1. The molecule has 1 fully saturated rings. The van der Waals surface area contributed by atoms with Crippen LogP contribution in [0.15, 0.2) is 29.3 Å². The fraction of sp³-hybridized carbons (Fsp3) is 0.500. The van der Waals surface area contributed by atoms with Gasteiger partial charge >= 0.3 is 6.18 Å². The van der Waals surface area contributed by atoms with E-state index in [9.17, 15) is 13.2 Å². The molecule has 1 unspecified atom stereocenters. The monoisotopic (exact) mass is 511 g/mol. The summed E-state index contributed by atoms with van der Waals surface area (Å²) in [6.45, 7) is 5.82. The average molecular weight is 512 g/mol. The van der Waals surface area contributed by atoms with Crippen LogP contribution in [-0.4, -0.2) is 66.6 Å². The summed E-state index contributed by atoms with van der Waals surface area (Å²) >= 11 is 0.622. The zero-order valence-corrected chi connectivity index (χ0v) is 20.1. The van der Waals surface area contributed by atoms with Gasteiger partial charge in [-0.05, 0) is 25.1 Å². The van der Waals surface area contributed by atoms with Gasteiger partial charge < -0.3 is 15.0 Å². The van der Waals surface area contributed by atoms with E-state index in [1.165, 1.54) is 0 Å². The van der Waals surface area contributed by atoms with E-state index in [-0.39, 0.29) is 36.5 Å². The van der Waals surface area contributed by atoms with Crippen LogP contribution >= 0.6 is 36.2 Å². The number of aliphatic imine (C=N–C) groups is 1. The number of aromatic nitrogens is 1. The average Bonchev–Trinajstić information content (AvgIpc) is 3.09. The summed E-state index contributed by atoms with van der Waals surface area (Å²) in [5.74, 6) is 0.493. The molecule has 2 aromatic rings. The Morgan fingerprint density at radius 2 is 1.97 bits per heavy atom. The van der Waals surface area contributed by atoms with Gasteiger partial charge in [-0.15, -0.1) is 24.8 Å².